The van der Waals surface area contributed by atoms with E-state index < -0.39 is 15.4 Å². The highest BCUT2D eigenvalue weighted by molar-refractivity contribution is 7.89. The molecular weight excluding hydrogens is 288 g/mol. The van der Waals surface area contributed by atoms with E-state index in [0.717, 1.165) is 37.3 Å². The zero-order valence-corrected chi connectivity index (χ0v) is 13.1. The molecule has 1 saturated carbocycles. The van der Waals surface area contributed by atoms with Crippen molar-refractivity contribution in [2.45, 2.75) is 45.2 Å². The number of nitrogens with zero attached hydrogens (tertiary/aromatic N) is 4. The van der Waals surface area contributed by atoms with E-state index in [1.165, 1.54) is 4.31 Å². The quantitative estimate of drug-likeness (QED) is 0.821. The summed E-state index contributed by atoms with van der Waals surface area (Å²) in [6.45, 7) is 1.25. The van der Waals surface area contributed by atoms with Crippen molar-refractivity contribution in [1.82, 2.24) is 13.9 Å². The number of rotatable bonds is 5. The summed E-state index contributed by atoms with van der Waals surface area (Å²) < 4.78 is 28.1. The fourth-order valence-corrected chi connectivity index (χ4v) is 4.37. The van der Waals surface area contributed by atoms with Crippen LogP contribution in [-0.4, -0.2) is 35.1 Å². The topological polar surface area (TPSA) is 79.0 Å². The normalized spacial score (nSPS) is 20.0. The third kappa shape index (κ3) is 2.97. The first-order valence-electron chi connectivity index (χ1n) is 7.34. The first-order chi connectivity index (χ1) is 9.94. The molecule has 114 valence electrons. The Bertz CT molecular complexity index is 659. The van der Waals surface area contributed by atoms with E-state index in [4.69, 9.17) is 5.26 Å². The molecule has 0 amide bonds. The highest BCUT2D eigenvalue weighted by Gasteiger charge is 2.47. The van der Waals surface area contributed by atoms with Crippen LogP contribution in [0.1, 0.15) is 37.2 Å². The summed E-state index contributed by atoms with van der Waals surface area (Å²) in [7, 11) is -1.84. The van der Waals surface area contributed by atoms with Gasteiger partial charge in [0.15, 0.2) is 0 Å². The first kappa shape index (κ1) is 14.5. The molecule has 0 bridgehead atoms. The van der Waals surface area contributed by atoms with E-state index in [2.05, 4.69) is 15.6 Å². The fourth-order valence-electron chi connectivity index (χ4n) is 2.77. The summed E-state index contributed by atoms with van der Waals surface area (Å²) in [6.07, 6.45) is 6.60. The number of hydrogen-bond acceptors (Lipinski definition) is 4. The number of sulfonamides is 1. The van der Waals surface area contributed by atoms with Gasteiger partial charge in [0.05, 0.1) is 29.5 Å². The molecule has 2 heterocycles. The SMILES string of the molecule is CN(Cc1cn2c(n1)CCCC2)S(=O)(=O)CC1(C#N)CC1. The highest BCUT2D eigenvalue weighted by atomic mass is 32.2. The Morgan fingerprint density at radius 3 is 2.86 bits per heavy atom. The molecule has 1 aliphatic heterocycles. The van der Waals surface area contributed by atoms with Crippen molar-refractivity contribution in [2.24, 2.45) is 5.41 Å². The standard InChI is InChI=1S/C14H20N4O2S/c1-17(21(19,20)11-14(10-15)5-6-14)8-12-9-18-7-3-2-4-13(18)16-12/h9H,2-8,11H2,1H3. The predicted octanol–water partition coefficient (Wildman–Crippen LogP) is 1.28. The van der Waals surface area contributed by atoms with Crippen LogP contribution in [-0.2, 0) is 29.5 Å². The van der Waals surface area contributed by atoms with Crippen LogP contribution in [0.15, 0.2) is 6.20 Å². The van der Waals surface area contributed by atoms with E-state index >= 15 is 0 Å². The molecule has 1 aliphatic carbocycles. The monoisotopic (exact) mass is 308 g/mol. The van der Waals surface area contributed by atoms with E-state index in [-0.39, 0.29) is 12.3 Å². The van der Waals surface area contributed by atoms with Crippen LogP contribution in [0.25, 0.3) is 0 Å². The second kappa shape index (κ2) is 5.11. The largest absolute Gasteiger partial charge is 0.335 e. The summed E-state index contributed by atoms with van der Waals surface area (Å²) in [5.41, 5.74) is 0.153. The molecule has 1 aromatic rings. The lowest BCUT2D eigenvalue weighted by Crippen LogP contribution is -2.32. The second-order valence-corrected chi connectivity index (χ2v) is 8.28. The van der Waals surface area contributed by atoms with Crippen LogP contribution in [0.3, 0.4) is 0 Å². The third-order valence-corrected chi connectivity index (χ3v) is 6.36. The van der Waals surface area contributed by atoms with Gasteiger partial charge in [-0.15, -0.1) is 0 Å². The molecule has 0 aromatic carbocycles. The average molecular weight is 308 g/mol. The Morgan fingerprint density at radius 1 is 1.48 bits per heavy atom. The second-order valence-electron chi connectivity index (χ2n) is 6.20. The van der Waals surface area contributed by atoms with Crippen molar-refractivity contribution < 1.29 is 8.42 Å². The van der Waals surface area contributed by atoms with Crippen LogP contribution in [0.2, 0.25) is 0 Å². The molecule has 1 aromatic heterocycles. The van der Waals surface area contributed by atoms with Crippen LogP contribution in [0.4, 0.5) is 0 Å². The third-order valence-electron chi connectivity index (χ3n) is 4.37. The van der Waals surface area contributed by atoms with Crippen LogP contribution in [0, 0.1) is 16.7 Å². The van der Waals surface area contributed by atoms with E-state index in [1.54, 1.807) is 7.05 Å². The van der Waals surface area contributed by atoms with Gasteiger partial charge in [0, 0.05) is 26.2 Å². The molecule has 0 N–H and O–H groups in total. The van der Waals surface area contributed by atoms with Gasteiger partial charge in [0.25, 0.3) is 0 Å². The number of hydrogen-bond donors (Lipinski definition) is 0. The number of aryl methyl sites for hydroxylation is 2. The molecule has 0 radical (unpaired) electrons. The lowest BCUT2D eigenvalue weighted by molar-refractivity contribution is 0.456. The van der Waals surface area contributed by atoms with Crippen LogP contribution in [0.5, 0.6) is 0 Å². The Labute approximate surface area is 125 Å². The molecule has 3 rings (SSSR count). The zero-order chi connectivity index (χ0) is 15.1. The molecule has 0 atom stereocenters. The number of nitriles is 1. The van der Waals surface area contributed by atoms with Gasteiger partial charge in [-0.2, -0.15) is 9.57 Å². The van der Waals surface area contributed by atoms with E-state index in [0.29, 0.717) is 12.8 Å². The predicted molar refractivity (Wildman–Crippen MR) is 77.7 cm³/mol. The van der Waals surface area contributed by atoms with Gasteiger partial charge in [-0.25, -0.2) is 13.4 Å². The van der Waals surface area contributed by atoms with Gasteiger partial charge >= 0.3 is 0 Å². The molecule has 6 nitrogen and oxygen atoms in total. The smallest absolute Gasteiger partial charge is 0.215 e. The lowest BCUT2D eigenvalue weighted by atomic mass is 10.2. The van der Waals surface area contributed by atoms with E-state index in [9.17, 15) is 8.42 Å². The maximum absolute atomic E-state index is 12.3. The number of aromatic nitrogens is 2. The number of imidazole rings is 1. The van der Waals surface area contributed by atoms with Crippen molar-refractivity contribution in [3.63, 3.8) is 0 Å². The summed E-state index contributed by atoms with van der Waals surface area (Å²) in [6, 6.07) is 2.14. The first-order valence-corrected chi connectivity index (χ1v) is 8.95. The molecule has 0 unspecified atom stereocenters. The molecular formula is C14H20N4O2S. The Balaban J connectivity index is 1.69. The van der Waals surface area contributed by atoms with Gasteiger partial charge in [-0.05, 0) is 25.7 Å². The average Bonchev–Trinajstić information content (AvgIpc) is 3.08. The molecule has 2 aliphatic rings. The minimum absolute atomic E-state index is 0.0689. The number of fused-ring (bicyclic) bond motifs is 1. The van der Waals surface area contributed by atoms with Crippen molar-refractivity contribution in [2.75, 3.05) is 12.8 Å². The Kier molecular flexibility index (Phi) is 3.54. The molecule has 7 heteroatoms. The van der Waals surface area contributed by atoms with Gasteiger partial charge in [0.1, 0.15) is 5.82 Å². The zero-order valence-electron chi connectivity index (χ0n) is 12.2. The minimum atomic E-state index is -3.41. The van der Waals surface area contributed by atoms with Crippen molar-refractivity contribution in [1.29, 1.82) is 5.26 Å². The fraction of sp³-hybridized carbons (Fsp3) is 0.714. The lowest BCUT2D eigenvalue weighted by Gasteiger charge is -2.17. The Hall–Kier alpha value is -1.39. The maximum Gasteiger partial charge on any atom is 0.215 e. The molecule has 0 saturated heterocycles. The molecule has 0 spiro atoms. The molecule has 21 heavy (non-hydrogen) atoms. The highest BCUT2D eigenvalue weighted by Crippen LogP contribution is 2.46. The summed E-state index contributed by atoms with van der Waals surface area (Å²) in [5, 5.41) is 9.05. The maximum atomic E-state index is 12.3. The van der Waals surface area contributed by atoms with Crippen LogP contribution < -0.4 is 0 Å². The summed E-state index contributed by atoms with van der Waals surface area (Å²) in [5.74, 6) is 0.985. The van der Waals surface area contributed by atoms with Crippen LogP contribution >= 0.6 is 0 Å². The van der Waals surface area contributed by atoms with Gasteiger partial charge < -0.3 is 4.57 Å². The van der Waals surface area contributed by atoms with Gasteiger partial charge in [0.2, 0.25) is 10.0 Å². The van der Waals surface area contributed by atoms with Crippen molar-refractivity contribution in [3.05, 3.63) is 17.7 Å². The summed E-state index contributed by atoms with van der Waals surface area (Å²) in [4.78, 5) is 4.53. The Morgan fingerprint density at radius 2 is 2.24 bits per heavy atom. The minimum Gasteiger partial charge on any atom is -0.335 e. The summed E-state index contributed by atoms with van der Waals surface area (Å²) >= 11 is 0. The van der Waals surface area contributed by atoms with Crippen molar-refractivity contribution in [3.8, 4) is 6.07 Å². The molecule has 1 fully saturated rings. The van der Waals surface area contributed by atoms with Gasteiger partial charge in [-0.1, -0.05) is 0 Å². The van der Waals surface area contributed by atoms with Crippen molar-refractivity contribution >= 4 is 10.0 Å². The van der Waals surface area contributed by atoms with Gasteiger partial charge in [-0.3, -0.25) is 0 Å². The van der Waals surface area contributed by atoms with E-state index in [1.807, 2.05) is 6.20 Å².